The molecule has 5 aliphatic heterocycles. The largest absolute Gasteiger partial charge is 0.510 e. The highest BCUT2D eigenvalue weighted by Crippen LogP contribution is 2.49. The fourth-order valence-electron chi connectivity index (χ4n) is 7.09. The Balaban J connectivity index is 1.66. The minimum atomic E-state index is -1.11. The number of fused-ring (bicyclic) bond motifs is 5. The van der Waals surface area contributed by atoms with Crippen LogP contribution in [0, 0.1) is 17.8 Å². The first-order valence-electron chi connectivity index (χ1n) is 15.1. The van der Waals surface area contributed by atoms with E-state index in [0.29, 0.717) is 34.7 Å². The SMILES string of the molecule is C=CC1=C(C)C2=NC1=CC1=NC(=CC3=C(C)C4=C(O)C(C(=O)OC)C(=C5NC(=C2)[C@@H](C)[C@@H]5CCC(=O)OO)C4=N3)C(CC)=C1C. The van der Waals surface area contributed by atoms with Gasteiger partial charge in [-0.2, -0.15) is 5.26 Å². The molecule has 0 saturated carbocycles. The number of ether oxygens (including phenoxy) is 1. The lowest BCUT2D eigenvalue weighted by molar-refractivity contribution is -0.234. The number of hydrogen-bond donors (Lipinski definition) is 3. The van der Waals surface area contributed by atoms with Gasteiger partial charge in [-0.15, -0.1) is 0 Å². The Morgan fingerprint density at radius 1 is 1.04 bits per heavy atom. The van der Waals surface area contributed by atoms with Crippen LogP contribution in [0.2, 0.25) is 0 Å². The van der Waals surface area contributed by atoms with Crippen LogP contribution in [0.1, 0.15) is 53.9 Å². The van der Waals surface area contributed by atoms with E-state index in [0.717, 1.165) is 62.8 Å². The maximum atomic E-state index is 13.3. The van der Waals surface area contributed by atoms with E-state index >= 15 is 0 Å². The number of aliphatic imine (C=N–C) groups is 3. The van der Waals surface area contributed by atoms with Gasteiger partial charge in [0.1, 0.15) is 11.7 Å². The molecule has 3 N–H and O–H groups in total. The molecule has 1 unspecified atom stereocenters. The highest BCUT2D eigenvalue weighted by molar-refractivity contribution is 6.24. The maximum Gasteiger partial charge on any atom is 0.342 e. The van der Waals surface area contributed by atoms with Gasteiger partial charge in [0.2, 0.25) is 0 Å². The molecule has 8 bridgehead atoms. The van der Waals surface area contributed by atoms with E-state index in [1.54, 1.807) is 6.08 Å². The number of rotatable bonds is 6. The van der Waals surface area contributed by atoms with E-state index < -0.39 is 17.9 Å². The van der Waals surface area contributed by atoms with Gasteiger partial charge in [0.05, 0.1) is 41.3 Å². The highest BCUT2D eigenvalue weighted by atomic mass is 17.1. The first kappa shape index (κ1) is 30.2. The van der Waals surface area contributed by atoms with Crippen molar-refractivity contribution in [3.05, 3.63) is 104 Å². The Labute approximate surface area is 261 Å². The Morgan fingerprint density at radius 3 is 2.42 bits per heavy atom. The number of hydrogen-bond acceptors (Lipinski definition) is 10. The summed E-state index contributed by atoms with van der Waals surface area (Å²) in [6, 6.07) is 0. The third-order valence-electron chi connectivity index (χ3n) is 9.62. The second-order valence-electron chi connectivity index (χ2n) is 11.9. The Hall–Kier alpha value is -4.83. The van der Waals surface area contributed by atoms with Crippen LogP contribution in [0.4, 0.5) is 0 Å². The van der Waals surface area contributed by atoms with Gasteiger partial charge in [-0.05, 0) is 74.1 Å². The summed E-state index contributed by atoms with van der Waals surface area (Å²) in [6.07, 6.45) is 8.70. The standard InChI is InChI=1S/C35H36N4O6/c1-8-19-15(3)22-12-24-17(5)21(10-11-28(40)45-43)32(38-24)30-31(35(42)44-7)34(41)29-18(6)25(39-33(29)30)14-27-20(9-2)16(4)23(37-27)13-26(19)36-22/h8,12-14,17,21,31,38,41,43H,1,9-11H2,2-7H3/t17-,21-,31?/m0/s1. The summed E-state index contributed by atoms with van der Waals surface area (Å²) in [4.78, 5) is 44.3. The van der Waals surface area contributed by atoms with Crippen LogP contribution in [0.15, 0.2) is 119 Å². The summed E-state index contributed by atoms with van der Waals surface area (Å²) in [6.45, 7) is 14.1. The Bertz CT molecular complexity index is 1830. The van der Waals surface area contributed by atoms with Crippen molar-refractivity contribution in [3.63, 3.8) is 0 Å². The van der Waals surface area contributed by atoms with Gasteiger partial charge in [0.25, 0.3) is 0 Å². The van der Waals surface area contributed by atoms with Gasteiger partial charge in [-0.3, -0.25) is 4.79 Å². The van der Waals surface area contributed by atoms with Crippen LogP contribution in [-0.2, 0) is 19.2 Å². The Kier molecular flexibility index (Phi) is 7.56. The maximum absolute atomic E-state index is 13.3. The lowest BCUT2D eigenvalue weighted by Gasteiger charge is -2.20. The van der Waals surface area contributed by atoms with E-state index in [1.165, 1.54) is 7.11 Å². The summed E-state index contributed by atoms with van der Waals surface area (Å²) >= 11 is 0. The molecule has 6 aliphatic rings. The molecule has 0 radical (unpaired) electrons. The normalized spacial score (nSPS) is 25.3. The second-order valence-corrected chi connectivity index (χ2v) is 11.9. The molecule has 6 rings (SSSR count). The van der Waals surface area contributed by atoms with Crippen molar-refractivity contribution in [2.75, 3.05) is 7.11 Å². The van der Waals surface area contributed by atoms with Crippen LogP contribution < -0.4 is 5.32 Å². The number of esters is 1. The molecular weight excluding hydrogens is 572 g/mol. The van der Waals surface area contributed by atoms with E-state index in [9.17, 15) is 14.7 Å². The van der Waals surface area contributed by atoms with Gasteiger partial charge in [0, 0.05) is 46.4 Å². The van der Waals surface area contributed by atoms with Gasteiger partial charge < -0.3 is 20.0 Å². The molecule has 0 aromatic carbocycles. The highest BCUT2D eigenvalue weighted by Gasteiger charge is 2.49. The van der Waals surface area contributed by atoms with Gasteiger partial charge in [-0.1, -0.05) is 26.5 Å². The third-order valence-corrected chi connectivity index (χ3v) is 9.62. The number of aliphatic hydroxyl groups is 1. The molecule has 10 heteroatoms. The van der Waals surface area contributed by atoms with Crippen molar-refractivity contribution < 1.29 is 29.6 Å². The zero-order chi connectivity index (χ0) is 32.3. The molecule has 0 spiro atoms. The minimum absolute atomic E-state index is 0.0630. The number of nitrogens with zero attached hydrogens (tertiary/aromatic N) is 3. The lowest BCUT2D eigenvalue weighted by atomic mass is 9.84. The monoisotopic (exact) mass is 608 g/mol. The fourth-order valence-corrected chi connectivity index (χ4v) is 7.09. The Morgan fingerprint density at radius 2 is 1.76 bits per heavy atom. The van der Waals surface area contributed by atoms with Crippen molar-refractivity contribution in [2.24, 2.45) is 32.7 Å². The second kappa shape index (κ2) is 11.3. The summed E-state index contributed by atoms with van der Waals surface area (Å²) in [7, 11) is 1.28. The molecule has 0 aromatic rings. The van der Waals surface area contributed by atoms with Crippen molar-refractivity contribution in [1.29, 1.82) is 0 Å². The first-order chi connectivity index (χ1) is 21.5. The van der Waals surface area contributed by atoms with Crippen molar-refractivity contribution in [3.8, 4) is 0 Å². The molecule has 3 atom stereocenters. The van der Waals surface area contributed by atoms with Gasteiger partial charge in [0.15, 0.2) is 0 Å². The molecule has 1 fully saturated rings. The molecule has 0 aromatic heterocycles. The zero-order valence-electron chi connectivity index (χ0n) is 26.2. The number of aliphatic hydroxyl groups excluding tert-OH is 1. The predicted molar refractivity (Wildman–Crippen MR) is 171 cm³/mol. The van der Waals surface area contributed by atoms with Crippen LogP contribution in [0.3, 0.4) is 0 Å². The number of carbonyl (C=O) groups is 2. The predicted octanol–water partition coefficient (Wildman–Crippen LogP) is 6.04. The average Bonchev–Trinajstić information content (AvgIpc) is 3.76. The molecular formula is C35H36N4O6. The van der Waals surface area contributed by atoms with Crippen molar-refractivity contribution in [1.82, 2.24) is 5.32 Å². The smallest absolute Gasteiger partial charge is 0.342 e. The van der Waals surface area contributed by atoms with E-state index in [4.69, 9.17) is 25.0 Å². The number of nitrogens with one attached hydrogen (secondary N) is 1. The number of carbonyl (C=O) groups excluding carboxylic acids is 2. The van der Waals surface area contributed by atoms with Crippen LogP contribution in [0.25, 0.3) is 0 Å². The van der Waals surface area contributed by atoms with Gasteiger partial charge >= 0.3 is 11.9 Å². The van der Waals surface area contributed by atoms with E-state index in [2.05, 4.69) is 30.6 Å². The molecule has 1 aliphatic carbocycles. The van der Waals surface area contributed by atoms with Crippen molar-refractivity contribution >= 4 is 29.1 Å². The molecule has 1 saturated heterocycles. The third kappa shape index (κ3) is 4.63. The minimum Gasteiger partial charge on any atom is -0.510 e. The van der Waals surface area contributed by atoms with Crippen LogP contribution >= 0.6 is 0 Å². The summed E-state index contributed by atoms with van der Waals surface area (Å²) in [5, 5.41) is 24.1. The van der Waals surface area contributed by atoms with Crippen molar-refractivity contribution in [2.45, 2.75) is 53.9 Å². The van der Waals surface area contributed by atoms with Crippen LogP contribution in [0.5, 0.6) is 0 Å². The molecule has 45 heavy (non-hydrogen) atoms. The van der Waals surface area contributed by atoms with E-state index in [-0.39, 0.29) is 24.0 Å². The molecule has 10 nitrogen and oxygen atoms in total. The van der Waals surface area contributed by atoms with E-state index in [1.807, 2.05) is 39.0 Å². The summed E-state index contributed by atoms with van der Waals surface area (Å²) in [5.41, 5.74) is 11.4. The lowest BCUT2D eigenvalue weighted by Crippen LogP contribution is -2.25. The number of allylic oxidation sites excluding steroid dienone is 11. The zero-order valence-corrected chi connectivity index (χ0v) is 26.2. The first-order valence-corrected chi connectivity index (χ1v) is 15.1. The molecule has 232 valence electrons. The quantitative estimate of drug-likeness (QED) is 0.190. The van der Waals surface area contributed by atoms with Gasteiger partial charge in [-0.25, -0.2) is 19.8 Å². The molecule has 0 amide bonds. The average molecular weight is 609 g/mol. The number of methoxy groups -OCH3 is 1. The summed E-state index contributed by atoms with van der Waals surface area (Å²) < 4.78 is 5.17. The summed E-state index contributed by atoms with van der Waals surface area (Å²) in [5.74, 6) is -3.10. The molecule has 5 heterocycles. The topological polar surface area (TPSA) is 142 Å². The fraction of sp³-hybridized carbons (Fsp3) is 0.343. The van der Waals surface area contributed by atoms with Crippen LogP contribution in [-0.4, -0.2) is 46.5 Å².